The van der Waals surface area contributed by atoms with Crippen molar-refractivity contribution in [2.45, 2.75) is 6.10 Å². The van der Waals surface area contributed by atoms with Crippen LogP contribution >= 0.6 is 11.3 Å². The van der Waals surface area contributed by atoms with Crippen LogP contribution in [0.3, 0.4) is 0 Å². The number of para-hydroxylation sites is 2. The summed E-state index contributed by atoms with van der Waals surface area (Å²) < 4.78 is 11.6. The number of amides is 1. The number of rotatable bonds is 5. The zero-order valence-electron chi connectivity index (χ0n) is 13.2. The first kappa shape index (κ1) is 16.3. The molecule has 0 fully saturated rings. The maximum absolute atomic E-state index is 12.1. The molecule has 6 nitrogen and oxygen atoms in total. The second-order valence-electron chi connectivity index (χ2n) is 5.52. The van der Waals surface area contributed by atoms with Gasteiger partial charge in [0.1, 0.15) is 23.8 Å². The van der Waals surface area contributed by atoms with Gasteiger partial charge in [0.25, 0.3) is 0 Å². The van der Waals surface area contributed by atoms with Gasteiger partial charge in [-0.2, -0.15) is 5.26 Å². The Morgan fingerprint density at radius 3 is 3.00 bits per heavy atom. The van der Waals surface area contributed by atoms with E-state index in [-0.39, 0.29) is 18.6 Å². The van der Waals surface area contributed by atoms with Gasteiger partial charge >= 0.3 is 0 Å². The van der Waals surface area contributed by atoms with E-state index in [0.29, 0.717) is 23.7 Å². The Morgan fingerprint density at radius 1 is 1.42 bits per heavy atom. The zero-order chi connectivity index (χ0) is 16.9. The van der Waals surface area contributed by atoms with Gasteiger partial charge in [-0.1, -0.05) is 12.1 Å². The van der Waals surface area contributed by atoms with Crippen LogP contribution in [0.4, 0.5) is 5.00 Å². The summed E-state index contributed by atoms with van der Waals surface area (Å²) in [5.74, 6) is 1.31. The largest absolute Gasteiger partial charge is 0.486 e. The van der Waals surface area contributed by atoms with Crippen LogP contribution in [0, 0.1) is 11.3 Å². The van der Waals surface area contributed by atoms with E-state index in [4.69, 9.17) is 14.7 Å². The molecule has 1 aromatic heterocycles. The summed E-state index contributed by atoms with van der Waals surface area (Å²) in [6, 6.07) is 11.3. The fourth-order valence-electron chi connectivity index (χ4n) is 2.47. The first-order valence-corrected chi connectivity index (χ1v) is 8.38. The van der Waals surface area contributed by atoms with E-state index in [9.17, 15) is 4.79 Å². The highest BCUT2D eigenvalue weighted by Gasteiger charge is 2.22. The smallest absolute Gasteiger partial charge is 0.239 e. The minimum Gasteiger partial charge on any atom is -0.486 e. The number of carbonyl (C=O) groups is 1. The molecule has 7 heteroatoms. The number of likely N-dealkylation sites (N-methyl/N-ethyl adjacent to an activating group) is 1. The van der Waals surface area contributed by atoms with E-state index >= 15 is 0 Å². The standard InChI is InChI=1S/C17H17N3O3S/c1-20(10-16(21)19-17-12(8-18)6-7-24-17)9-13-11-22-14-4-2-3-5-15(14)23-13/h2-7,13H,9-11H2,1H3,(H,19,21)/t13-/m1/s1. The highest BCUT2D eigenvalue weighted by atomic mass is 32.1. The lowest BCUT2D eigenvalue weighted by Gasteiger charge is -2.29. The lowest BCUT2D eigenvalue weighted by molar-refractivity contribution is -0.117. The quantitative estimate of drug-likeness (QED) is 0.902. The second-order valence-corrected chi connectivity index (χ2v) is 6.43. The van der Waals surface area contributed by atoms with Crippen molar-refractivity contribution in [3.63, 3.8) is 0 Å². The third kappa shape index (κ3) is 3.85. The molecule has 0 bridgehead atoms. The van der Waals surface area contributed by atoms with Crippen LogP contribution < -0.4 is 14.8 Å². The van der Waals surface area contributed by atoms with E-state index in [2.05, 4.69) is 11.4 Å². The molecule has 0 spiro atoms. The van der Waals surface area contributed by atoms with Crippen LogP contribution in [0.15, 0.2) is 35.7 Å². The molecule has 1 amide bonds. The summed E-state index contributed by atoms with van der Waals surface area (Å²) in [5.41, 5.74) is 0.483. The Balaban J connectivity index is 1.50. The van der Waals surface area contributed by atoms with E-state index in [1.165, 1.54) is 11.3 Å². The molecule has 0 unspecified atom stereocenters. The van der Waals surface area contributed by atoms with E-state index < -0.39 is 0 Å². The molecule has 24 heavy (non-hydrogen) atoms. The van der Waals surface area contributed by atoms with Crippen LogP contribution in [0.1, 0.15) is 5.56 Å². The lowest BCUT2D eigenvalue weighted by atomic mass is 10.2. The average molecular weight is 343 g/mol. The molecule has 0 radical (unpaired) electrons. The minimum atomic E-state index is -0.159. The number of hydrogen-bond donors (Lipinski definition) is 1. The lowest BCUT2D eigenvalue weighted by Crippen LogP contribution is -2.42. The van der Waals surface area contributed by atoms with Crippen molar-refractivity contribution in [1.82, 2.24) is 4.90 Å². The molecule has 2 aromatic rings. The van der Waals surface area contributed by atoms with Crippen LogP contribution in [-0.2, 0) is 4.79 Å². The average Bonchev–Trinajstić information content (AvgIpc) is 3.01. The number of anilines is 1. The summed E-state index contributed by atoms with van der Waals surface area (Å²) in [6.45, 7) is 1.23. The number of nitrogens with one attached hydrogen (secondary N) is 1. The molecule has 1 atom stereocenters. The minimum absolute atomic E-state index is 0.130. The summed E-state index contributed by atoms with van der Waals surface area (Å²) in [4.78, 5) is 14.0. The highest BCUT2D eigenvalue weighted by Crippen LogP contribution is 2.30. The first-order valence-electron chi connectivity index (χ1n) is 7.50. The summed E-state index contributed by atoms with van der Waals surface area (Å²) in [5, 5.41) is 14.1. The van der Waals surface area contributed by atoms with Crippen molar-refractivity contribution < 1.29 is 14.3 Å². The first-order chi connectivity index (χ1) is 11.7. The predicted molar refractivity (Wildman–Crippen MR) is 91.5 cm³/mol. The summed E-state index contributed by atoms with van der Waals surface area (Å²) in [6.07, 6.45) is -0.130. The molecule has 1 aliphatic heterocycles. The molecular weight excluding hydrogens is 326 g/mol. The van der Waals surface area contributed by atoms with Crippen LogP contribution in [0.2, 0.25) is 0 Å². The predicted octanol–water partition coefficient (Wildman–Crippen LogP) is 2.33. The van der Waals surface area contributed by atoms with Gasteiger partial charge < -0.3 is 14.8 Å². The number of benzene rings is 1. The Bertz CT molecular complexity index is 768. The third-order valence-electron chi connectivity index (χ3n) is 3.53. The molecule has 1 aromatic carbocycles. The number of nitriles is 1. The van der Waals surface area contributed by atoms with E-state index in [0.717, 1.165) is 11.5 Å². The van der Waals surface area contributed by atoms with Crippen LogP contribution in [0.5, 0.6) is 11.5 Å². The van der Waals surface area contributed by atoms with Gasteiger partial charge in [0.15, 0.2) is 11.5 Å². The van der Waals surface area contributed by atoms with Crippen molar-refractivity contribution in [1.29, 1.82) is 5.26 Å². The van der Waals surface area contributed by atoms with Crippen LogP contribution in [0.25, 0.3) is 0 Å². The fourth-order valence-corrected chi connectivity index (χ4v) is 3.22. The number of ether oxygens (including phenoxy) is 2. The van der Waals surface area contributed by atoms with Gasteiger partial charge in [0.2, 0.25) is 5.91 Å². The number of nitrogens with zero attached hydrogens (tertiary/aromatic N) is 2. The Labute approximate surface area is 144 Å². The van der Waals surface area contributed by atoms with Crippen molar-refractivity contribution in [2.75, 3.05) is 32.1 Å². The van der Waals surface area contributed by atoms with Gasteiger partial charge in [-0.3, -0.25) is 9.69 Å². The second kappa shape index (κ2) is 7.34. The van der Waals surface area contributed by atoms with Crippen LogP contribution in [-0.4, -0.2) is 43.7 Å². The fraction of sp³-hybridized carbons (Fsp3) is 0.294. The van der Waals surface area contributed by atoms with Crippen molar-refractivity contribution in [3.05, 3.63) is 41.3 Å². The topological polar surface area (TPSA) is 74.6 Å². The Kier molecular flexibility index (Phi) is 4.99. The van der Waals surface area contributed by atoms with Gasteiger partial charge in [-0.25, -0.2) is 0 Å². The van der Waals surface area contributed by atoms with E-state index in [1.807, 2.05) is 36.2 Å². The normalized spacial score (nSPS) is 15.8. The maximum atomic E-state index is 12.1. The number of thiophene rings is 1. The third-order valence-corrected chi connectivity index (χ3v) is 4.36. The summed E-state index contributed by atoms with van der Waals surface area (Å²) in [7, 11) is 1.85. The Morgan fingerprint density at radius 2 is 2.21 bits per heavy atom. The van der Waals surface area contributed by atoms with Crippen molar-refractivity contribution in [2.24, 2.45) is 0 Å². The summed E-state index contributed by atoms with van der Waals surface area (Å²) >= 11 is 1.34. The molecular formula is C17H17N3O3S. The van der Waals surface area contributed by atoms with Gasteiger partial charge in [0, 0.05) is 6.54 Å². The molecule has 0 aliphatic carbocycles. The van der Waals surface area contributed by atoms with E-state index in [1.54, 1.807) is 11.4 Å². The molecule has 0 saturated carbocycles. The van der Waals surface area contributed by atoms with Crippen molar-refractivity contribution in [3.8, 4) is 17.6 Å². The molecule has 0 saturated heterocycles. The monoisotopic (exact) mass is 343 g/mol. The molecule has 2 heterocycles. The Hall–Kier alpha value is -2.56. The SMILES string of the molecule is CN(CC(=O)Nc1sccc1C#N)C[C@@H]1COc2ccccc2O1. The highest BCUT2D eigenvalue weighted by molar-refractivity contribution is 7.14. The number of carbonyl (C=O) groups excluding carboxylic acids is 1. The number of hydrogen-bond acceptors (Lipinski definition) is 6. The molecule has 124 valence electrons. The van der Waals surface area contributed by atoms with Crippen molar-refractivity contribution >= 4 is 22.2 Å². The maximum Gasteiger partial charge on any atom is 0.239 e. The number of fused-ring (bicyclic) bond motifs is 1. The molecule has 3 rings (SSSR count). The zero-order valence-corrected chi connectivity index (χ0v) is 14.0. The molecule has 1 aliphatic rings. The van der Waals surface area contributed by atoms with Gasteiger partial charge in [0.05, 0.1) is 12.1 Å². The molecule has 1 N–H and O–H groups in total. The van der Waals surface area contributed by atoms with Gasteiger partial charge in [-0.15, -0.1) is 11.3 Å². The van der Waals surface area contributed by atoms with Gasteiger partial charge in [-0.05, 0) is 30.6 Å².